The average molecular weight is 288 g/mol. The molecule has 0 unspecified atom stereocenters. The van der Waals surface area contributed by atoms with Gasteiger partial charge >= 0.3 is 0 Å². The summed E-state index contributed by atoms with van der Waals surface area (Å²) in [6.45, 7) is 2.06. The zero-order valence-electron chi connectivity index (χ0n) is 9.96. The van der Waals surface area contributed by atoms with Gasteiger partial charge in [0.1, 0.15) is 0 Å². The Morgan fingerprint density at radius 1 is 0.941 bits per heavy atom. The third kappa shape index (κ3) is 12.1. The van der Waals surface area contributed by atoms with E-state index in [-0.39, 0.29) is 6.61 Å². The fourth-order valence-electron chi connectivity index (χ4n) is 1.28. The molecule has 8 heteroatoms. The molecule has 104 valence electrons. The van der Waals surface area contributed by atoms with E-state index in [1.165, 1.54) is 0 Å². The summed E-state index contributed by atoms with van der Waals surface area (Å²) in [6, 6.07) is 0. The van der Waals surface area contributed by atoms with Crippen LogP contribution in [-0.4, -0.2) is 33.1 Å². The highest BCUT2D eigenvalue weighted by atomic mass is 32.3. The molecule has 0 heterocycles. The molecule has 17 heavy (non-hydrogen) atoms. The molecule has 6 nitrogen and oxygen atoms in total. The highest BCUT2D eigenvalue weighted by Gasteiger charge is 2.20. The first-order valence-corrected chi connectivity index (χ1v) is 8.78. The van der Waals surface area contributed by atoms with Gasteiger partial charge in [-0.25, -0.2) is 0 Å². The molecule has 0 aromatic carbocycles. The van der Waals surface area contributed by atoms with Gasteiger partial charge in [-0.05, 0) is 6.42 Å². The number of hydrogen-bond acceptors (Lipinski definition) is 5. The van der Waals surface area contributed by atoms with Gasteiger partial charge in [0.05, 0.1) is 6.61 Å². The molecule has 0 atom stereocenters. The van der Waals surface area contributed by atoms with Crippen LogP contribution < -0.4 is 0 Å². The highest BCUT2D eigenvalue weighted by Crippen LogP contribution is 2.06. The fourth-order valence-corrected chi connectivity index (χ4v) is 3.39. The van der Waals surface area contributed by atoms with E-state index in [4.69, 9.17) is 4.55 Å². The van der Waals surface area contributed by atoms with E-state index in [0.29, 0.717) is 6.42 Å². The molecule has 0 amide bonds. The van der Waals surface area contributed by atoms with Crippen molar-refractivity contribution in [1.82, 2.24) is 0 Å². The zero-order chi connectivity index (χ0) is 13.4. The Labute approximate surface area is 103 Å². The van der Waals surface area contributed by atoms with Crippen molar-refractivity contribution < 1.29 is 25.6 Å². The Hall–Kier alpha value is -0.180. The van der Waals surface area contributed by atoms with Gasteiger partial charge in [-0.15, -0.1) is 0 Å². The van der Waals surface area contributed by atoms with Crippen LogP contribution in [0.3, 0.4) is 0 Å². The molecular weight excluding hydrogens is 268 g/mol. The Morgan fingerprint density at radius 3 is 2.00 bits per heavy atom. The van der Waals surface area contributed by atoms with Crippen LogP contribution in [0.25, 0.3) is 0 Å². The SMILES string of the molecule is CCCCCCCCOS(=O)(=O)CS(=O)(=O)O. The summed E-state index contributed by atoms with van der Waals surface area (Å²) in [7, 11) is -8.72. The second-order valence-electron chi connectivity index (χ2n) is 3.85. The van der Waals surface area contributed by atoms with Gasteiger partial charge in [0.2, 0.25) is 5.08 Å². The van der Waals surface area contributed by atoms with Crippen molar-refractivity contribution >= 4 is 20.2 Å². The van der Waals surface area contributed by atoms with Gasteiger partial charge in [-0.2, -0.15) is 16.8 Å². The van der Waals surface area contributed by atoms with Crippen LogP contribution in [-0.2, 0) is 24.4 Å². The summed E-state index contributed by atoms with van der Waals surface area (Å²) in [5.41, 5.74) is 0. The molecule has 0 rings (SSSR count). The minimum atomic E-state index is -4.55. The molecule has 0 aromatic heterocycles. The standard InChI is InChI=1S/C9H20O6S2/c1-2-3-4-5-6-7-8-15-17(13,14)9-16(10,11)12/h2-9H2,1H3,(H,10,11,12). The van der Waals surface area contributed by atoms with Gasteiger partial charge < -0.3 is 0 Å². The molecule has 0 bridgehead atoms. The zero-order valence-corrected chi connectivity index (χ0v) is 11.6. The van der Waals surface area contributed by atoms with Crippen LogP contribution >= 0.6 is 0 Å². The first-order chi connectivity index (χ1) is 7.77. The molecule has 0 aliphatic heterocycles. The summed E-state index contributed by atoms with van der Waals surface area (Å²) in [4.78, 5) is 0. The maximum Gasteiger partial charge on any atom is 0.284 e. The Bertz CT molecular complexity index is 384. The summed E-state index contributed by atoms with van der Waals surface area (Å²) >= 11 is 0. The van der Waals surface area contributed by atoms with Crippen LogP contribution in [0.1, 0.15) is 45.4 Å². The smallest absolute Gasteiger partial charge is 0.284 e. The van der Waals surface area contributed by atoms with Gasteiger partial charge in [0.15, 0.2) is 0 Å². The lowest BCUT2D eigenvalue weighted by atomic mass is 10.1. The summed E-state index contributed by atoms with van der Waals surface area (Å²) in [5, 5.41) is -1.38. The normalized spacial score (nSPS) is 12.8. The topological polar surface area (TPSA) is 97.7 Å². The molecule has 0 saturated heterocycles. The van der Waals surface area contributed by atoms with E-state index < -0.39 is 25.3 Å². The second kappa shape index (κ2) is 8.02. The van der Waals surface area contributed by atoms with Gasteiger partial charge in [-0.3, -0.25) is 8.74 Å². The minimum absolute atomic E-state index is 0.0377. The fraction of sp³-hybridized carbons (Fsp3) is 1.00. The maximum absolute atomic E-state index is 11.0. The summed E-state index contributed by atoms with van der Waals surface area (Å²) < 4.78 is 55.6. The molecule has 0 fully saturated rings. The number of hydrogen-bond donors (Lipinski definition) is 1. The van der Waals surface area contributed by atoms with Crippen molar-refractivity contribution in [2.24, 2.45) is 0 Å². The first kappa shape index (κ1) is 16.8. The van der Waals surface area contributed by atoms with E-state index >= 15 is 0 Å². The quantitative estimate of drug-likeness (QED) is 0.372. The predicted molar refractivity (Wildman–Crippen MR) is 64.7 cm³/mol. The summed E-state index contributed by atoms with van der Waals surface area (Å²) in [5.74, 6) is 0. The molecule has 1 N–H and O–H groups in total. The second-order valence-corrected chi connectivity index (χ2v) is 7.30. The molecule has 0 saturated carbocycles. The van der Waals surface area contributed by atoms with Crippen LogP contribution in [0.5, 0.6) is 0 Å². The van der Waals surface area contributed by atoms with E-state index in [1.807, 2.05) is 0 Å². The van der Waals surface area contributed by atoms with Gasteiger partial charge in [0, 0.05) is 0 Å². The molecule has 0 radical (unpaired) electrons. The molecule has 0 aliphatic carbocycles. The van der Waals surface area contributed by atoms with E-state index in [1.54, 1.807) is 0 Å². The Kier molecular flexibility index (Phi) is 7.93. The van der Waals surface area contributed by atoms with Crippen molar-refractivity contribution in [1.29, 1.82) is 0 Å². The van der Waals surface area contributed by atoms with Gasteiger partial charge in [-0.1, -0.05) is 39.0 Å². The summed E-state index contributed by atoms with van der Waals surface area (Å²) in [6.07, 6.45) is 5.82. The largest absolute Gasteiger partial charge is 0.285 e. The minimum Gasteiger partial charge on any atom is -0.285 e. The van der Waals surface area contributed by atoms with E-state index in [9.17, 15) is 16.8 Å². The lowest BCUT2D eigenvalue weighted by Crippen LogP contribution is -2.18. The van der Waals surface area contributed by atoms with Gasteiger partial charge in [0.25, 0.3) is 20.2 Å². The molecule has 0 aromatic rings. The molecule has 0 spiro atoms. The van der Waals surface area contributed by atoms with Crippen molar-refractivity contribution in [2.45, 2.75) is 45.4 Å². The van der Waals surface area contributed by atoms with Crippen molar-refractivity contribution in [3.8, 4) is 0 Å². The van der Waals surface area contributed by atoms with Crippen LogP contribution in [0.15, 0.2) is 0 Å². The lowest BCUT2D eigenvalue weighted by Gasteiger charge is -2.03. The third-order valence-corrected chi connectivity index (χ3v) is 4.93. The predicted octanol–water partition coefficient (Wildman–Crippen LogP) is 1.54. The van der Waals surface area contributed by atoms with Crippen LogP contribution in [0, 0.1) is 0 Å². The van der Waals surface area contributed by atoms with E-state index in [2.05, 4.69) is 11.1 Å². The monoisotopic (exact) mass is 288 g/mol. The van der Waals surface area contributed by atoms with E-state index in [0.717, 1.165) is 32.1 Å². The van der Waals surface area contributed by atoms with Crippen molar-refractivity contribution in [3.05, 3.63) is 0 Å². The Balaban J connectivity index is 3.67. The Morgan fingerprint density at radius 2 is 1.47 bits per heavy atom. The first-order valence-electron chi connectivity index (χ1n) is 5.59. The van der Waals surface area contributed by atoms with Crippen LogP contribution in [0.2, 0.25) is 0 Å². The van der Waals surface area contributed by atoms with Crippen LogP contribution in [0.4, 0.5) is 0 Å². The third-order valence-electron chi connectivity index (χ3n) is 2.05. The van der Waals surface area contributed by atoms with Crippen molar-refractivity contribution in [2.75, 3.05) is 11.7 Å². The number of unbranched alkanes of at least 4 members (excludes halogenated alkanes) is 5. The molecular formula is C9H20O6S2. The maximum atomic E-state index is 11.0. The van der Waals surface area contributed by atoms with Crippen molar-refractivity contribution in [3.63, 3.8) is 0 Å². The average Bonchev–Trinajstić information content (AvgIpc) is 2.12. The lowest BCUT2D eigenvalue weighted by molar-refractivity contribution is 0.308. The molecule has 0 aliphatic rings. The highest BCUT2D eigenvalue weighted by molar-refractivity contribution is 8.03. The number of rotatable bonds is 10.